The van der Waals surface area contributed by atoms with Crippen molar-refractivity contribution >= 4 is 46.1 Å². The van der Waals surface area contributed by atoms with Crippen LogP contribution in [0.25, 0.3) is 0 Å². The maximum absolute atomic E-state index is 2.38. The lowest BCUT2D eigenvalue weighted by Crippen LogP contribution is -1.84. The minimum absolute atomic E-state index is 1.21. The highest BCUT2D eigenvalue weighted by molar-refractivity contribution is 14.1. The highest BCUT2D eigenvalue weighted by atomic mass is 127. The molecule has 0 saturated carbocycles. The van der Waals surface area contributed by atoms with Gasteiger partial charge in [0.1, 0.15) is 0 Å². The predicted octanol–water partition coefficient (Wildman–Crippen LogP) is 3.75. The number of hydrogen-bond acceptors (Lipinski definition) is 2. The Morgan fingerprint density at radius 2 is 2.00 bits per heavy atom. The van der Waals surface area contributed by atoms with Crippen molar-refractivity contribution in [1.29, 1.82) is 0 Å². The van der Waals surface area contributed by atoms with E-state index in [0.717, 1.165) is 0 Å². The number of rotatable bonds is 4. The van der Waals surface area contributed by atoms with Crippen molar-refractivity contribution in [2.45, 2.75) is 4.90 Å². The Bertz CT molecular complexity index is 238. The van der Waals surface area contributed by atoms with Crippen LogP contribution in [0.1, 0.15) is 0 Å². The van der Waals surface area contributed by atoms with Crippen molar-refractivity contribution < 1.29 is 0 Å². The molecule has 0 N–H and O–H groups in total. The molecule has 0 nitrogen and oxygen atoms in total. The van der Waals surface area contributed by atoms with Gasteiger partial charge in [-0.2, -0.15) is 11.8 Å². The second-order valence-corrected chi connectivity index (χ2v) is 5.56. The topological polar surface area (TPSA) is 0 Å². The molecule has 0 aromatic heterocycles. The van der Waals surface area contributed by atoms with Gasteiger partial charge in [0.25, 0.3) is 0 Å². The first-order chi connectivity index (χ1) is 5.84. The second kappa shape index (κ2) is 6.16. The largest absolute Gasteiger partial charge is 0.165 e. The van der Waals surface area contributed by atoms with Crippen LogP contribution >= 0.6 is 46.1 Å². The predicted molar refractivity (Wildman–Crippen MR) is 68.3 cm³/mol. The molecule has 0 amide bonds. The van der Waals surface area contributed by atoms with Crippen LogP contribution in [0.2, 0.25) is 0 Å². The van der Waals surface area contributed by atoms with Crippen LogP contribution in [-0.4, -0.2) is 17.8 Å². The fourth-order valence-corrected chi connectivity index (χ4v) is 3.25. The van der Waals surface area contributed by atoms with Gasteiger partial charge in [0, 0.05) is 20.0 Å². The molecule has 0 radical (unpaired) electrons. The van der Waals surface area contributed by atoms with E-state index in [1.165, 1.54) is 20.0 Å². The van der Waals surface area contributed by atoms with Crippen molar-refractivity contribution in [3.63, 3.8) is 0 Å². The summed E-state index contributed by atoms with van der Waals surface area (Å²) in [4.78, 5) is 1.41. The van der Waals surface area contributed by atoms with Crippen LogP contribution in [-0.2, 0) is 0 Å². The van der Waals surface area contributed by atoms with E-state index in [4.69, 9.17) is 0 Å². The molecule has 0 saturated heterocycles. The molecule has 0 aliphatic rings. The molecule has 0 aliphatic heterocycles. The van der Waals surface area contributed by atoms with E-state index in [2.05, 4.69) is 53.1 Å². The zero-order valence-electron chi connectivity index (χ0n) is 6.92. The first-order valence-electron chi connectivity index (χ1n) is 3.71. The Labute approximate surface area is 96.0 Å². The fourth-order valence-electron chi connectivity index (χ4n) is 0.797. The normalized spacial score (nSPS) is 10.2. The average molecular weight is 310 g/mol. The number of thioether (sulfide) groups is 2. The maximum Gasteiger partial charge on any atom is 0.0266 e. The lowest BCUT2D eigenvalue weighted by atomic mass is 10.4. The van der Waals surface area contributed by atoms with Crippen LogP contribution in [0.15, 0.2) is 29.2 Å². The molecule has 0 aliphatic carbocycles. The van der Waals surface area contributed by atoms with Gasteiger partial charge in [-0.15, -0.1) is 11.8 Å². The van der Waals surface area contributed by atoms with Crippen molar-refractivity contribution in [2.24, 2.45) is 0 Å². The molecule has 1 rings (SSSR count). The first-order valence-corrected chi connectivity index (χ1v) is 7.16. The SMILES string of the molecule is CSCCSc1ccccc1I. The van der Waals surface area contributed by atoms with E-state index >= 15 is 0 Å². The lowest BCUT2D eigenvalue weighted by Gasteiger charge is -2.01. The van der Waals surface area contributed by atoms with Gasteiger partial charge < -0.3 is 0 Å². The summed E-state index contributed by atoms with van der Waals surface area (Å²) in [7, 11) is 0. The molecular weight excluding hydrogens is 299 g/mol. The quantitative estimate of drug-likeness (QED) is 0.472. The minimum Gasteiger partial charge on any atom is -0.165 e. The van der Waals surface area contributed by atoms with Crippen LogP contribution < -0.4 is 0 Å². The zero-order valence-corrected chi connectivity index (χ0v) is 10.7. The van der Waals surface area contributed by atoms with Gasteiger partial charge in [-0.05, 0) is 41.0 Å². The third-order valence-corrected chi connectivity index (χ3v) is 4.63. The van der Waals surface area contributed by atoms with Crippen molar-refractivity contribution in [1.82, 2.24) is 0 Å². The fraction of sp³-hybridized carbons (Fsp3) is 0.333. The monoisotopic (exact) mass is 310 g/mol. The van der Waals surface area contributed by atoms with Crippen molar-refractivity contribution in [2.75, 3.05) is 17.8 Å². The summed E-state index contributed by atoms with van der Waals surface area (Å²) >= 11 is 6.23. The zero-order chi connectivity index (χ0) is 8.81. The van der Waals surface area contributed by atoms with Crippen LogP contribution in [0.3, 0.4) is 0 Å². The van der Waals surface area contributed by atoms with E-state index in [-0.39, 0.29) is 0 Å². The van der Waals surface area contributed by atoms with Gasteiger partial charge >= 0.3 is 0 Å². The smallest absolute Gasteiger partial charge is 0.0266 e. The van der Waals surface area contributed by atoms with E-state index in [1.807, 2.05) is 23.5 Å². The maximum atomic E-state index is 2.38. The molecular formula is C9H11IS2. The summed E-state index contributed by atoms with van der Waals surface area (Å²) in [5.41, 5.74) is 0. The first kappa shape index (κ1) is 10.7. The van der Waals surface area contributed by atoms with Gasteiger partial charge in [-0.25, -0.2) is 0 Å². The molecule has 0 fully saturated rings. The third kappa shape index (κ3) is 3.58. The highest BCUT2D eigenvalue weighted by Crippen LogP contribution is 2.24. The summed E-state index contributed by atoms with van der Waals surface area (Å²) in [5, 5.41) is 0. The van der Waals surface area contributed by atoms with Crippen LogP contribution in [0.5, 0.6) is 0 Å². The number of benzene rings is 1. The number of halogens is 1. The Hall–Kier alpha value is 0.650. The molecule has 66 valence electrons. The minimum atomic E-state index is 1.21. The summed E-state index contributed by atoms with van der Waals surface area (Å²) in [6, 6.07) is 8.53. The average Bonchev–Trinajstić information content (AvgIpc) is 2.09. The molecule has 1 aromatic rings. The Morgan fingerprint density at radius 3 is 2.67 bits per heavy atom. The molecule has 0 unspecified atom stereocenters. The molecule has 3 heteroatoms. The Kier molecular flexibility index (Phi) is 5.50. The van der Waals surface area contributed by atoms with Crippen LogP contribution in [0.4, 0.5) is 0 Å². The highest BCUT2D eigenvalue weighted by Gasteiger charge is 1.97. The second-order valence-electron chi connectivity index (χ2n) is 2.27. The standard InChI is InChI=1S/C9H11IS2/c1-11-6-7-12-9-5-3-2-4-8(9)10/h2-5H,6-7H2,1H3. The molecule has 0 heterocycles. The van der Waals surface area contributed by atoms with E-state index in [9.17, 15) is 0 Å². The van der Waals surface area contributed by atoms with Gasteiger partial charge in [-0.1, -0.05) is 12.1 Å². The molecule has 0 atom stereocenters. The van der Waals surface area contributed by atoms with Gasteiger partial charge in [-0.3, -0.25) is 0 Å². The third-order valence-electron chi connectivity index (χ3n) is 1.38. The molecule has 0 spiro atoms. The Balaban J connectivity index is 2.46. The van der Waals surface area contributed by atoms with E-state index < -0.39 is 0 Å². The van der Waals surface area contributed by atoms with E-state index in [0.29, 0.717) is 0 Å². The van der Waals surface area contributed by atoms with E-state index in [1.54, 1.807) is 0 Å². The van der Waals surface area contributed by atoms with Gasteiger partial charge in [0.15, 0.2) is 0 Å². The van der Waals surface area contributed by atoms with Gasteiger partial charge in [0.2, 0.25) is 0 Å². The molecule has 12 heavy (non-hydrogen) atoms. The lowest BCUT2D eigenvalue weighted by molar-refractivity contribution is 1.39. The summed E-state index contributed by atoms with van der Waals surface area (Å²) in [6.45, 7) is 0. The van der Waals surface area contributed by atoms with Crippen LogP contribution in [0, 0.1) is 3.57 Å². The summed E-state index contributed by atoms with van der Waals surface area (Å²) in [6.07, 6.45) is 2.15. The Morgan fingerprint density at radius 1 is 1.25 bits per heavy atom. The van der Waals surface area contributed by atoms with Crippen molar-refractivity contribution in [3.8, 4) is 0 Å². The number of hydrogen-bond donors (Lipinski definition) is 0. The summed E-state index contributed by atoms with van der Waals surface area (Å²) in [5.74, 6) is 2.44. The van der Waals surface area contributed by atoms with Gasteiger partial charge in [0.05, 0.1) is 0 Å². The molecule has 0 bridgehead atoms. The van der Waals surface area contributed by atoms with Crippen molar-refractivity contribution in [3.05, 3.63) is 27.8 Å². The molecule has 1 aromatic carbocycles. The summed E-state index contributed by atoms with van der Waals surface area (Å²) < 4.78 is 1.36.